The van der Waals surface area contributed by atoms with Gasteiger partial charge in [-0.1, -0.05) is 13.8 Å². The van der Waals surface area contributed by atoms with E-state index in [1.54, 1.807) is 11.0 Å². The largest absolute Gasteiger partial charge is 0.339 e. The number of nitrogens with zero attached hydrogens (tertiary/aromatic N) is 1. The first kappa shape index (κ1) is 15.5. The molecule has 2 rings (SSSR count). The molecule has 0 heterocycles. The summed E-state index contributed by atoms with van der Waals surface area (Å²) in [4.78, 5) is 14.3. The summed E-state index contributed by atoms with van der Waals surface area (Å²) in [5.41, 5.74) is 0.775. The van der Waals surface area contributed by atoms with Crippen molar-refractivity contribution in [2.75, 3.05) is 7.05 Å². The van der Waals surface area contributed by atoms with Gasteiger partial charge in [0.15, 0.2) is 0 Å². The predicted molar refractivity (Wildman–Crippen MR) is 82.2 cm³/mol. The van der Waals surface area contributed by atoms with Crippen LogP contribution in [0.2, 0.25) is 0 Å². The van der Waals surface area contributed by atoms with Crippen molar-refractivity contribution < 1.29 is 9.18 Å². The quantitative estimate of drug-likeness (QED) is 0.767. The Hall–Kier alpha value is -0.900. The third-order valence-corrected chi connectivity index (χ3v) is 5.03. The van der Waals surface area contributed by atoms with Crippen molar-refractivity contribution in [1.29, 1.82) is 0 Å². The highest BCUT2D eigenvalue weighted by Gasteiger charge is 2.31. The van der Waals surface area contributed by atoms with Crippen molar-refractivity contribution >= 4 is 21.8 Å². The molecule has 0 saturated heterocycles. The van der Waals surface area contributed by atoms with Crippen LogP contribution in [-0.2, 0) is 0 Å². The van der Waals surface area contributed by atoms with E-state index in [0.29, 0.717) is 15.5 Å². The number of hydrogen-bond acceptors (Lipinski definition) is 1. The normalized spacial score (nSPS) is 18.9. The maximum atomic E-state index is 13.3. The molecule has 4 heteroatoms. The molecule has 1 fully saturated rings. The summed E-state index contributed by atoms with van der Waals surface area (Å²) in [6, 6.07) is 4.49. The third kappa shape index (κ3) is 3.40. The van der Waals surface area contributed by atoms with Crippen LogP contribution in [0.5, 0.6) is 0 Å². The van der Waals surface area contributed by atoms with Gasteiger partial charge in [0, 0.05) is 17.6 Å². The van der Waals surface area contributed by atoms with Gasteiger partial charge in [0.1, 0.15) is 5.82 Å². The fourth-order valence-electron chi connectivity index (χ4n) is 2.79. The van der Waals surface area contributed by atoms with E-state index in [2.05, 4.69) is 29.8 Å². The lowest BCUT2D eigenvalue weighted by atomic mass is 9.75. The summed E-state index contributed by atoms with van der Waals surface area (Å²) < 4.78 is 14.0. The molecule has 0 aliphatic heterocycles. The molecule has 1 saturated carbocycles. The molecule has 0 bridgehead atoms. The monoisotopic (exact) mass is 341 g/mol. The van der Waals surface area contributed by atoms with Crippen molar-refractivity contribution in [2.45, 2.75) is 45.6 Å². The average Bonchev–Trinajstić information content (AvgIpc) is 2.40. The van der Waals surface area contributed by atoms with E-state index in [9.17, 15) is 9.18 Å². The number of carbonyl (C=O) groups is 1. The van der Waals surface area contributed by atoms with Gasteiger partial charge >= 0.3 is 0 Å². The molecule has 1 aliphatic carbocycles. The topological polar surface area (TPSA) is 20.3 Å². The minimum Gasteiger partial charge on any atom is -0.339 e. The van der Waals surface area contributed by atoms with Crippen LogP contribution in [0, 0.1) is 11.2 Å². The molecule has 1 aromatic carbocycles. The van der Waals surface area contributed by atoms with Crippen LogP contribution in [-0.4, -0.2) is 23.9 Å². The summed E-state index contributed by atoms with van der Waals surface area (Å²) in [7, 11) is 1.82. The molecule has 1 aromatic rings. The number of halogens is 2. The SMILES string of the molecule is CN(C(=O)c1cc(F)ccc1Br)C1CCC(C)(C)CC1. The van der Waals surface area contributed by atoms with Gasteiger partial charge in [-0.05, 0) is 65.2 Å². The Labute approximate surface area is 128 Å². The van der Waals surface area contributed by atoms with Crippen molar-refractivity contribution in [3.05, 3.63) is 34.1 Å². The van der Waals surface area contributed by atoms with Gasteiger partial charge in [-0.15, -0.1) is 0 Å². The number of carbonyl (C=O) groups excluding carboxylic acids is 1. The Morgan fingerprint density at radius 3 is 2.55 bits per heavy atom. The molecular weight excluding hydrogens is 321 g/mol. The highest BCUT2D eigenvalue weighted by atomic mass is 79.9. The highest BCUT2D eigenvalue weighted by molar-refractivity contribution is 9.10. The summed E-state index contributed by atoms with van der Waals surface area (Å²) in [6.07, 6.45) is 4.28. The van der Waals surface area contributed by atoms with Crippen LogP contribution in [0.25, 0.3) is 0 Å². The van der Waals surface area contributed by atoms with Gasteiger partial charge in [-0.3, -0.25) is 4.79 Å². The zero-order chi connectivity index (χ0) is 14.9. The molecule has 0 radical (unpaired) electrons. The highest BCUT2D eigenvalue weighted by Crippen LogP contribution is 2.37. The van der Waals surface area contributed by atoms with E-state index in [1.807, 2.05) is 7.05 Å². The van der Waals surface area contributed by atoms with E-state index in [0.717, 1.165) is 25.7 Å². The Morgan fingerprint density at radius 1 is 1.35 bits per heavy atom. The summed E-state index contributed by atoms with van der Waals surface area (Å²) in [5, 5.41) is 0. The van der Waals surface area contributed by atoms with Crippen LogP contribution < -0.4 is 0 Å². The molecule has 0 unspecified atom stereocenters. The van der Waals surface area contributed by atoms with E-state index in [4.69, 9.17) is 0 Å². The summed E-state index contributed by atoms with van der Waals surface area (Å²) in [6.45, 7) is 4.54. The zero-order valence-corrected chi connectivity index (χ0v) is 13.8. The second-order valence-electron chi connectivity index (χ2n) is 6.44. The van der Waals surface area contributed by atoms with Crippen LogP contribution in [0.1, 0.15) is 49.9 Å². The number of benzene rings is 1. The Balaban J connectivity index is 2.11. The van der Waals surface area contributed by atoms with Crippen LogP contribution in [0.3, 0.4) is 0 Å². The Morgan fingerprint density at radius 2 is 1.95 bits per heavy atom. The van der Waals surface area contributed by atoms with Crippen molar-refractivity contribution in [3.8, 4) is 0 Å². The van der Waals surface area contributed by atoms with E-state index >= 15 is 0 Å². The van der Waals surface area contributed by atoms with Gasteiger partial charge in [0.05, 0.1) is 5.56 Å². The molecule has 0 aromatic heterocycles. The smallest absolute Gasteiger partial charge is 0.255 e. The minimum atomic E-state index is -0.380. The van der Waals surface area contributed by atoms with E-state index in [1.165, 1.54) is 12.1 Å². The molecule has 0 spiro atoms. The standard InChI is InChI=1S/C16H21BrFNO/c1-16(2)8-6-12(7-9-16)19(3)15(20)13-10-11(18)4-5-14(13)17/h4-5,10,12H,6-9H2,1-3H3. The zero-order valence-electron chi connectivity index (χ0n) is 12.2. The predicted octanol–water partition coefficient (Wildman–Crippen LogP) is 4.63. The molecule has 1 amide bonds. The van der Waals surface area contributed by atoms with Crippen LogP contribution in [0.15, 0.2) is 22.7 Å². The first-order valence-electron chi connectivity index (χ1n) is 7.02. The average molecular weight is 342 g/mol. The molecule has 2 nitrogen and oxygen atoms in total. The molecule has 1 aliphatic rings. The Kier molecular flexibility index (Phi) is 4.52. The van der Waals surface area contributed by atoms with Crippen molar-refractivity contribution in [3.63, 3.8) is 0 Å². The van der Waals surface area contributed by atoms with Gasteiger partial charge < -0.3 is 4.90 Å². The lowest BCUT2D eigenvalue weighted by Gasteiger charge is -2.38. The van der Waals surface area contributed by atoms with Crippen molar-refractivity contribution in [2.24, 2.45) is 5.41 Å². The second-order valence-corrected chi connectivity index (χ2v) is 7.29. The number of hydrogen-bond donors (Lipinski definition) is 0. The molecule has 0 atom stereocenters. The van der Waals surface area contributed by atoms with Gasteiger partial charge in [-0.25, -0.2) is 4.39 Å². The molecular formula is C16H21BrFNO. The van der Waals surface area contributed by atoms with Gasteiger partial charge in [-0.2, -0.15) is 0 Å². The third-order valence-electron chi connectivity index (χ3n) is 4.34. The maximum absolute atomic E-state index is 13.3. The van der Waals surface area contributed by atoms with Gasteiger partial charge in [0.2, 0.25) is 0 Å². The lowest BCUT2D eigenvalue weighted by molar-refractivity contribution is 0.0634. The lowest BCUT2D eigenvalue weighted by Crippen LogP contribution is -2.41. The minimum absolute atomic E-state index is 0.110. The molecule has 110 valence electrons. The number of amides is 1. The van der Waals surface area contributed by atoms with Crippen molar-refractivity contribution in [1.82, 2.24) is 4.90 Å². The second kappa shape index (κ2) is 5.84. The van der Waals surface area contributed by atoms with Crippen LogP contribution >= 0.6 is 15.9 Å². The first-order chi connectivity index (χ1) is 9.30. The molecule has 0 N–H and O–H groups in total. The fraction of sp³-hybridized carbons (Fsp3) is 0.562. The Bertz CT molecular complexity index is 505. The van der Waals surface area contributed by atoms with E-state index < -0.39 is 0 Å². The summed E-state index contributed by atoms with van der Waals surface area (Å²) in [5.74, 6) is -0.490. The van der Waals surface area contributed by atoms with Gasteiger partial charge in [0.25, 0.3) is 5.91 Å². The fourth-order valence-corrected chi connectivity index (χ4v) is 3.20. The van der Waals surface area contributed by atoms with Crippen LogP contribution in [0.4, 0.5) is 4.39 Å². The van der Waals surface area contributed by atoms with E-state index in [-0.39, 0.29) is 17.8 Å². The summed E-state index contributed by atoms with van der Waals surface area (Å²) >= 11 is 3.33. The molecule has 20 heavy (non-hydrogen) atoms. The number of rotatable bonds is 2. The first-order valence-corrected chi connectivity index (χ1v) is 7.82. The maximum Gasteiger partial charge on any atom is 0.255 e.